The van der Waals surface area contributed by atoms with Crippen molar-refractivity contribution in [3.63, 3.8) is 0 Å². The number of aliphatic hydroxyl groups is 1. The van der Waals surface area contributed by atoms with E-state index in [1.54, 1.807) is 23.9 Å². The first-order chi connectivity index (χ1) is 8.69. The van der Waals surface area contributed by atoms with Crippen LogP contribution in [0.4, 0.5) is 0 Å². The third-order valence-corrected chi connectivity index (χ3v) is 3.59. The summed E-state index contributed by atoms with van der Waals surface area (Å²) >= 11 is 1.65. The number of aryl methyl sites for hydroxylation is 1. The van der Waals surface area contributed by atoms with Gasteiger partial charge in [0, 0.05) is 15.4 Å². The smallest absolute Gasteiger partial charge is 1.00 e. The van der Waals surface area contributed by atoms with Gasteiger partial charge in [0.05, 0.1) is 0 Å². The average molecular weight is 282 g/mol. The van der Waals surface area contributed by atoms with E-state index in [1.165, 1.54) is 10.5 Å². The number of Topliss-reactive ketones (excluding diaryl/α,β-unsaturated/α-hetero) is 1. The molecule has 0 radical (unpaired) electrons. The number of carbonyl (C=O) groups excluding carboxylic acids is 1. The van der Waals surface area contributed by atoms with Crippen molar-refractivity contribution >= 4 is 17.5 Å². The van der Waals surface area contributed by atoms with Crippen molar-refractivity contribution in [2.75, 3.05) is 6.61 Å². The van der Waals surface area contributed by atoms with Gasteiger partial charge >= 0.3 is 29.6 Å². The third kappa shape index (κ3) is 4.79. The Labute approximate surface area is 141 Å². The van der Waals surface area contributed by atoms with E-state index in [4.69, 9.17) is 5.11 Å². The van der Waals surface area contributed by atoms with Crippen LogP contribution in [0.5, 0.6) is 0 Å². The van der Waals surface area contributed by atoms with E-state index in [1.807, 2.05) is 12.1 Å². The van der Waals surface area contributed by atoms with E-state index in [0.29, 0.717) is 5.56 Å². The van der Waals surface area contributed by atoms with Gasteiger partial charge in [0.2, 0.25) is 0 Å². The first-order valence-electron chi connectivity index (χ1n) is 5.67. The molecule has 0 fully saturated rings. The van der Waals surface area contributed by atoms with Crippen LogP contribution in [0.25, 0.3) is 0 Å². The zero-order chi connectivity index (χ0) is 13.0. The van der Waals surface area contributed by atoms with Gasteiger partial charge in [-0.2, -0.15) is 0 Å². The van der Waals surface area contributed by atoms with E-state index in [2.05, 4.69) is 31.2 Å². The molecule has 0 atom stereocenters. The third-order valence-electron chi connectivity index (χ3n) is 2.58. The van der Waals surface area contributed by atoms with Crippen LogP contribution in [0, 0.1) is 6.92 Å². The number of benzene rings is 2. The van der Waals surface area contributed by atoms with Crippen LogP contribution in [0.3, 0.4) is 0 Å². The van der Waals surface area contributed by atoms with Gasteiger partial charge in [0.1, 0.15) is 6.61 Å². The Kier molecular flexibility index (Phi) is 6.83. The molecule has 0 spiro atoms. The zero-order valence-electron chi connectivity index (χ0n) is 12.1. The number of carbonyl (C=O) groups is 1. The molecular formula is C15H15NaO2S. The molecule has 0 saturated carbocycles. The quantitative estimate of drug-likeness (QED) is 0.653. The molecule has 0 aliphatic heterocycles. The Bertz CT molecular complexity index is 541. The topological polar surface area (TPSA) is 37.3 Å². The van der Waals surface area contributed by atoms with E-state index in [9.17, 15) is 4.79 Å². The summed E-state index contributed by atoms with van der Waals surface area (Å²) in [5.74, 6) is -0.248. The van der Waals surface area contributed by atoms with Crippen molar-refractivity contribution in [3.8, 4) is 0 Å². The molecule has 1 N–H and O–H groups in total. The van der Waals surface area contributed by atoms with Crippen molar-refractivity contribution < 1.29 is 40.9 Å². The average Bonchev–Trinajstić information content (AvgIpc) is 2.41. The number of aliphatic hydroxyl groups excluding tert-OH is 1. The normalized spacial score (nSPS) is 9.79. The van der Waals surface area contributed by atoms with Crippen LogP contribution in [0.1, 0.15) is 17.3 Å². The minimum Gasteiger partial charge on any atom is -1.00 e. The van der Waals surface area contributed by atoms with Crippen LogP contribution in [-0.4, -0.2) is 17.5 Å². The molecule has 4 heteroatoms. The second-order valence-corrected chi connectivity index (χ2v) is 5.17. The van der Waals surface area contributed by atoms with Crippen molar-refractivity contribution in [3.05, 3.63) is 59.7 Å². The maximum absolute atomic E-state index is 11.3. The fourth-order valence-electron chi connectivity index (χ4n) is 1.54. The summed E-state index contributed by atoms with van der Waals surface area (Å²) in [4.78, 5) is 13.5. The molecule has 0 bridgehead atoms. The Balaban J connectivity index is 0.00000180. The largest absolute Gasteiger partial charge is 1.00 e. The SMILES string of the molecule is Cc1ccc(Sc2ccc(C(=O)CO)cc2)cc1.[H-].[Na+]. The Hall–Kier alpha value is -0.580. The monoisotopic (exact) mass is 282 g/mol. The molecule has 2 aromatic carbocycles. The summed E-state index contributed by atoms with van der Waals surface area (Å²) in [5.41, 5.74) is 1.79. The molecule has 0 unspecified atom stereocenters. The van der Waals surface area contributed by atoms with Gasteiger partial charge in [-0.1, -0.05) is 41.6 Å². The minimum atomic E-state index is -0.440. The van der Waals surface area contributed by atoms with Gasteiger partial charge in [-0.3, -0.25) is 4.79 Å². The fourth-order valence-corrected chi connectivity index (χ4v) is 2.36. The van der Waals surface area contributed by atoms with Crippen LogP contribution in [0.2, 0.25) is 0 Å². The first-order valence-corrected chi connectivity index (χ1v) is 6.49. The Morgan fingerprint density at radius 1 is 1.05 bits per heavy atom. The molecule has 0 saturated heterocycles. The van der Waals surface area contributed by atoms with E-state index >= 15 is 0 Å². The maximum atomic E-state index is 11.3. The molecular weight excluding hydrogens is 267 g/mol. The summed E-state index contributed by atoms with van der Waals surface area (Å²) in [6, 6.07) is 15.6. The summed E-state index contributed by atoms with van der Waals surface area (Å²) in [7, 11) is 0. The second kappa shape index (κ2) is 7.88. The minimum absolute atomic E-state index is 0. The Morgan fingerprint density at radius 3 is 2.00 bits per heavy atom. The standard InChI is InChI=1S/C15H14O2S.Na.H/c1-11-2-6-13(7-3-11)18-14-8-4-12(5-9-14)15(17)10-16;;/h2-9,16H,10H2,1H3;;/q;+1;-1. The van der Waals surface area contributed by atoms with E-state index in [-0.39, 0.29) is 36.8 Å². The fraction of sp³-hybridized carbons (Fsp3) is 0.133. The number of ketones is 1. The van der Waals surface area contributed by atoms with Gasteiger partial charge in [-0.25, -0.2) is 0 Å². The van der Waals surface area contributed by atoms with Gasteiger partial charge < -0.3 is 6.53 Å². The molecule has 2 rings (SSSR count). The van der Waals surface area contributed by atoms with E-state index in [0.717, 1.165) is 4.90 Å². The predicted molar refractivity (Wildman–Crippen MR) is 74.3 cm³/mol. The first kappa shape index (κ1) is 16.5. The van der Waals surface area contributed by atoms with Crippen molar-refractivity contribution in [2.45, 2.75) is 16.7 Å². The number of hydrogen-bond acceptors (Lipinski definition) is 3. The summed E-state index contributed by atoms with van der Waals surface area (Å²) in [6.45, 7) is 1.62. The van der Waals surface area contributed by atoms with Crippen molar-refractivity contribution in [2.24, 2.45) is 0 Å². The van der Waals surface area contributed by atoms with Gasteiger partial charge in [0.25, 0.3) is 0 Å². The van der Waals surface area contributed by atoms with Crippen LogP contribution in [-0.2, 0) is 0 Å². The Morgan fingerprint density at radius 2 is 1.53 bits per heavy atom. The molecule has 2 aromatic rings. The molecule has 19 heavy (non-hydrogen) atoms. The van der Waals surface area contributed by atoms with Gasteiger partial charge in [0.15, 0.2) is 5.78 Å². The predicted octanol–water partition coefficient (Wildman–Crippen LogP) is 0.438. The van der Waals surface area contributed by atoms with Gasteiger partial charge in [-0.05, 0) is 31.2 Å². The van der Waals surface area contributed by atoms with Crippen LogP contribution in [0.15, 0.2) is 58.3 Å². The summed E-state index contributed by atoms with van der Waals surface area (Å²) < 4.78 is 0. The molecule has 0 aliphatic carbocycles. The molecule has 0 aromatic heterocycles. The summed E-state index contributed by atoms with van der Waals surface area (Å²) in [5, 5.41) is 8.76. The second-order valence-electron chi connectivity index (χ2n) is 4.02. The number of hydrogen-bond donors (Lipinski definition) is 1. The molecule has 0 amide bonds. The summed E-state index contributed by atoms with van der Waals surface area (Å²) in [6.07, 6.45) is 0. The molecule has 0 aliphatic rings. The van der Waals surface area contributed by atoms with Crippen molar-refractivity contribution in [1.29, 1.82) is 0 Å². The zero-order valence-corrected chi connectivity index (χ0v) is 13.9. The van der Waals surface area contributed by atoms with Crippen molar-refractivity contribution in [1.82, 2.24) is 0 Å². The molecule has 2 nitrogen and oxygen atoms in total. The molecule has 0 heterocycles. The van der Waals surface area contributed by atoms with Gasteiger partial charge in [-0.15, -0.1) is 0 Å². The molecule has 94 valence electrons. The van der Waals surface area contributed by atoms with Crippen LogP contribution >= 0.6 is 11.8 Å². The maximum Gasteiger partial charge on any atom is 1.00 e. The van der Waals surface area contributed by atoms with E-state index < -0.39 is 6.61 Å². The number of rotatable bonds is 4. The van der Waals surface area contributed by atoms with Crippen LogP contribution < -0.4 is 29.6 Å².